The zero-order valence-electron chi connectivity index (χ0n) is 13.9. The Bertz CT molecular complexity index is 533. The molecule has 1 saturated carbocycles. The Labute approximate surface area is 146 Å². The molecule has 0 bridgehead atoms. The standard InChI is InChI=1S/C18H25NO4S/c20-15(16-9-6-12-24-16)10-11-18(22)23-13-17(21)19-14-7-4-2-1-3-5-8-14/h6,9,12,14H,1-5,7-8,10-11,13H2,(H,19,21). The molecule has 24 heavy (non-hydrogen) atoms. The van der Waals surface area contributed by atoms with Crippen LogP contribution in [0.2, 0.25) is 0 Å². The fourth-order valence-electron chi connectivity index (χ4n) is 2.86. The highest BCUT2D eigenvalue weighted by Crippen LogP contribution is 2.17. The van der Waals surface area contributed by atoms with E-state index >= 15 is 0 Å². The van der Waals surface area contributed by atoms with Gasteiger partial charge in [0.1, 0.15) is 0 Å². The number of thiophene rings is 1. The van der Waals surface area contributed by atoms with E-state index in [0.29, 0.717) is 4.88 Å². The molecule has 1 amide bonds. The number of amides is 1. The van der Waals surface area contributed by atoms with E-state index < -0.39 is 5.97 Å². The van der Waals surface area contributed by atoms with Crippen molar-refractivity contribution in [2.24, 2.45) is 0 Å². The summed E-state index contributed by atoms with van der Waals surface area (Å²) in [5, 5.41) is 4.77. The Morgan fingerprint density at radius 2 is 1.79 bits per heavy atom. The molecule has 5 nitrogen and oxygen atoms in total. The van der Waals surface area contributed by atoms with Crippen LogP contribution in [0.15, 0.2) is 17.5 Å². The lowest BCUT2D eigenvalue weighted by Gasteiger charge is -2.20. The van der Waals surface area contributed by atoms with Crippen molar-refractivity contribution in [3.05, 3.63) is 22.4 Å². The van der Waals surface area contributed by atoms with Gasteiger partial charge in [0, 0.05) is 12.5 Å². The van der Waals surface area contributed by atoms with E-state index in [9.17, 15) is 14.4 Å². The molecule has 1 aromatic heterocycles. The zero-order chi connectivity index (χ0) is 17.2. The first-order chi connectivity index (χ1) is 11.6. The van der Waals surface area contributed by atoms with Gasteiger partial charge in [0.2, 0.25) is 0 Å². The average Bonchev–Trinajstić information content (AvgIpc) is 3.07. The van der Waals surface area contributed by atoms with E-state index in [1.54, 1.807) is 12.1 Å². The van der Waals surface area contributed by atoms with Crippen LogP contribution in [0.4, 0.5) is 0 Å². The van der Waals surface area contributed by atoms with Gasteiger partial charge in [-0.1, -0.05) is 38.2 Å². The number of carbonyl (C=O) groups excluding carboxylic acids is 3. The monoisotopic (exact) mass is 351 g/mol. The molecule has 1 aliphatic rings. The summed E-state index contributed by atoms with van der Waals surface area (Å²) in [4.78, 5) is 36.0. The number of ketones is 1. The third-order valence-corrected chi connectivity index (χ3v) is 5.10. The molecule has 0 saturated heterocycles. The van der Waals surface area contributed by atoms with Crippen molar-refractivity contribution in [3.8, 4) is 0 Å². The first-order valence-electron chi connectivity index (χ1n) is 8.67. The quantitative estimate of drug-likeness (QED) is 0.603. The van der Waals surface area contributed by atoms with E-state index in [4.69, 9.17) is 4.74 Å². The molecule has 0 aromatic carbocycles. The highest BCUT2D eigenvalue weighted by atomic mass is 32.1. The third-order valence-electron chi connectivity index (χ3n) is 4.19. The van der Waals surface area contributed by atoms with E-state index in [1.165, 1.54) is 30.6 Å². The van der Waals surface area contributed by atoms with Crippen LogP contribution in [0.5, 0.6) is 0 Å². The maximum Gasteiger partial charge on any atom is 0.306 e. The van der Waals surface area contributed by atoms with Crippen molar-refractivity contribution in [2.45, 2.75) is 63.8 Å². The SMILES string of the molecule is O=C(COC(=O)CCC(=O)c1cccs1)NC1CCCCCCC1. The van der Waals surface area contributed by atoms with E-state index in [0.717, 1.165) is 25.7 Å². The van der Waals surface area contributed by atoms with Crippen molar-refractivity contribution in [3.63, 3.8) is 0 Å². The minimum absolute atomic E-state index is 0.00738. The van der Waals surface area contributed by atoms with E-state index in [-0.39, 0.29) is 37.2 Å². The van der Waals surface area contributed by atoms with Gasteiger partial charge in [0.25, 0.3) is 5.91 Å². The van der Waals surface area contributed by atoms with Crippen molar-refractivity contribution >= 4 is 29.0 Å². The van der Waals surface area contributed by atoms with Crippen molar-refractivity contribution in [1.82, 2.24) is 5.32 Å². The number of Topliss-reactive ketones (excluding diaryl/α,β-unsaturated/α-hetero) is 1. The highest BCUT2D eigenvalue weighted by Gasteiger charge is 2.16. The van der Waals surface area contributed by atoms with Gasteiger partial charge in [-0.05, 0) is 24.3 Å². The lowest BCUT2D eigenvalue weighted by Crippen LogP contribution is -2.38. The normalized spacial score (nSPS) is 16.0. The van der Waals surface area contributed by atoms with Gasteiger partial charge in [-0.25, -0.2) is 0 Å². The first kappa shape index (κ1) is 18.6. The maximum absolute atomic E-state index is 11.9. The van der Waals surface area contributed by atoms with Gasteiger partial charge in [-0.15, -0.1) is 11.3 Å². The molecule has 1 fully saturated rings. The minimum atomic E-state index is -0.507. The third kappa shape index (κ3) is 6.83. The number of nitrogens with one attached hydrogen (secondary N) is 1. The largest absolute Gasteiger partial charge is 0.456 e. The number of carbonyl (C=O) groups is 3. The van der Waals surface area contributed by atoms with Crippen LogP contribution >= 0.6 is 11.3 Å². The molecule has 1 aromatic rings. The van der Waals surface area contributed by atoms with Crippen molar-refractivity contribution in [2.75, 3.05) is 6.61 Å². The second-order valence-corrected chi connectivity index (χ2v) is 7.12. The van der Waals surface area contributed by atoms with Gasteiger partial charge in [0.15, 0.2) is 12.4 Å². The van der Waals surface area contributed by atoms with Gasteiger partial charge in [-0.3, -0.25) is 14.4 Å². The Kier molecular flexibility index (Phi) is 7.95. The van der Waals surface area contributed by atoms with Crippen LogP contribution in [0.3, 0.4) is 0 Å². The topological polar surface area (TPSA) is 72.5 Å². The summed E-state index contributed by atoms with van der Waals surface area (Å²) >= 11 is 1.36. The summed E-state index contributed by atoms with van der Waals surface area (Å²) in [7, 11) is 0. The molecular formula is C18H25NO4S. The number of ether oxygens (including phenoxy) is 1. The van der Waals surface area contributed by atoms with Gasteiger partial charge in [-0.2, -0.15) is 0 Å². The smallest absolute Gasteiger partial charge is 0.306 e. The summed E-state index contributed by atoms with van der Waals surface area (Å²) in [6, 6.07) is 3.73. The maximum atomic E-state index is 11.9. The first-order valence-corrected chi connectivity index (χ1v) is 9.55. The van der Waals surface area contributed by atoms with E-state index in [1.807, 2.05) is 5.38 Å². The van der Waals surface area contributed by atoms with E-state index in [2.05, 4.69) is 5.32 Å². The van der Waals surface area contributed by atoms with Crippen molar-refractivity contribution < 1.29 is 19.1 Å². The van der Waals surface area contributed by atoms with Crippen LogP contribution in [-0.2, 0) is 14.3 Å². The molecule has 6 heteroatoms. The summed E-state index contributed by atoms with van der Waals surface area (Å²) in [5.74, 6) is -0.827. The molecule has 1 heterocycles. The summed E-state index contributed by atoms with van der Waals surface area (Å²) in [5.41, 5.74) is 0. The number of esters is 1. The van der Waals surface area contributed by atoms with Crippen LogP contribution in [0.25, 0.3) is 0 Å². The summed E-state index contributed by atoms with van der Waals surface area (Å²) in [6.45, 7) is -0.261. The molecule has 0 aliphatic heterocycles. The van der Waals surface area contributed by atoms with Crippen LogP contribution in [0.1, 0.15) is 67.5 Å². The van der Waals surface area contributed by atoms with Crippen LogP contribution < -0.4 is 5.32 Å². The molecule has 0 spiro atoms. The molecule has 0 radical (unpaired) electrons. The van der Waals surface area contributed by atoms with Crippen molar-refractivity contribution in [1.29, 1.82) is 0 Å². The molecule has 2 rings (SSSR count). The molecule has 132 valence electrons. The molecule has 1 N–H and O–H groups in total. The second kappa shape index (κ2) is 10.2. The Hall–Kier alpha value is -1.69. The molecule has 0 unspecified atom stereocenters. The van der Waals surface area contributed by atoms with Crippen LogP contribution in [-0.4, -0.2) is 30.3 Å². The summed E-state index contributed by atoms with van der Waals surface area (Å²) < 4.78 is 4.97. The van der Waals surface area contributed by atoms with Gasteiger partial charge >= 0.3 is 5.97 Å². The predicted octanol–water partition coefficient (Wildman–Crippen LogP) is 3.48. The Morgan fingerprint density at radius 1 is 1.08 bits per heavy atom. The lowest BCUT2D eigenvalue weighted by molar-refractivity contribution is -0.148. The highest BCUT2D eigenvalue weighted by molar-refractivity contribution is 7.12. The lowest BCUT2D eigenvalue weighted by atomic mass is 9.97. The molecule has 0 atom stereocenters. The van der Waals surface area contributed by atoms with Gasteiger partial charge in [0.05, 0.1) is 11.3 Å². The summed E-state index contributed by atoms with van der Waals surface area (Å²) in [6.07, 6.45) is 8.11. The number of hydrogen-bond acceptors (Lipinski definition) is 5. The average molecular weight is 351 g/mol. The fourth-order valence-corrected chi connectivity index (χ4v) is 3.56. The van der Waals surface area contributed by atoms with Crippen LogP contribution in [0, 0.1) is 0 Å². The predicted molar refractivity (Wildman–Crippen MR) is 93.1 cm³/mol. The Morgan fingerprint density at radius 3 is 2.46 bits per heavy atom. The zero-order valence-corrected chi connectivity index (χ0v) is 14.7. The second-order valence-electron chi connectivity index (χ2n) is 6.17. The fraction of sp³-hybridized carbons (Fsp3) is 0.611. The molecule has 1 aliphatic carbocycles. The number of rotatable bonds is 7. The minimum Gasteiger partial charge on any atom is -0.456 e. The molecular weight excluding hydrogens is 326 g/mol. The van der Waals surface area contributed by atoms with Gasteiger partial charge < -0.3 is 10.1 Å². The Balaban J connectivity index is 1.61. The number of hydrogen-bond donors (Lipinski definition) is 1.